The second-order valence-corrected chi connectivity index (χ2v) is 6.24. The molecule has 0 aliphatic carbocycles. The summed E-state index contributed by atoms with van der Waals surface area (Å²) < 4.78 is 0. The number of carbonyl (C=O) groups is 2. The van der Waals surface area contributed by atoms with Crippen LogP contribution in [0.25, 0.3) is 0 Å². The van der Waals surface area contributed by atoms with E-state index in [1.165, 1.54) is 0 Å². The number of halogens is 1. The van der Waals surface area contributed by atoms with Crippen LogP contribution in [-0.4, -0.2) is 37.0 Å². The average Bonchev–Trinajstić information content (AvgIpc) is 3.11. The van der Waals surface area contributed by atoms with Gasteiger partial charge < -0.3 is 16.0 Å². The van der Waals surface area contributed by atoms with Gasteiger partial charge >= 0.3 is 0 Å². The van der Waals surface area contributed by atoms with E-state index in [4.69, 9.17) is 0 Å². The van der Waals surface area contributed by atoms with Crippen LogP contribution in [0, 0.1) is 5.92 Å². The molecule has 0 spiro atoms. The Morgan fingerprint density at radius 2 is 2.00 bits per heavy atom. The molecule has 1 aromatic carbocycles. The zero-order valence-electron chi connectivity index (χ0n) is 14.4. The highest BCUT2D eigenvalue weighted by Gasteiger charge is 2.27. The van der Waals surface area contributed by atoms with Crippen LogP contribution < -0.4 is 16.0 Å². The smallest absolute Gasteiger partial charge is 0.251 e. The van der Waals surface area contributed by atoms with Gasteiger partial charge in [0.05, 0.1) is 0 Å². The molecular weight excluding hydrogens is 326 g/mol. The quantitative estimate of drug-likeness (QED) is 0.703. The Morgan fingerprint density at radius 1 is 1.29 bits per heavy atom. The van der Waals surface area contributed by atoms with E-state index in [1.807, 2.05) is 32.0 Å². The fourth-order valence-corrected chi connectivity index (χ4v) is 2.78. The van der Waals surface area contributed by atoms with Crippen molar-refractivity contribution in [3.05, 3.63) is 35.9 Å². The van der Waals surface area contributed by atoms with Gasteiger partial charge in [0, 0.05) is 18.2 Å². The van der Waals surface area contributed by atoms with Gasteiger partial charge in [-0.05, 0) is 37.4 Å². The van der Waals surface area contributed by atoms with Gasteiger partial charge in [-0.15, -0.1) is 12.4 Å². The van der Waals surface area contributed by atoms with E-state index in [0.29, 0.717) is 18.2 Å². The maximum Gasteiger partial charge on any atom is 0.251 e. The lowest BCUT2D eigenvalue weighted by Gasteiger charge is -2.24. The van der Waals surface area contributed by atoms with E-state index >= 15 is 0 Å². The molecule has 0 radical (unpaired) electrons. The third-order valence-corrected chi connectivity index (χ3v) is 4.50. The molecule has 1 aromatic rings. The highest BCUT2D eigenvalue weighted by Crippen LogP contribution is 2.10. The van der Waals surface area contributed by atoms with Gasteiger partial charge in [0.25, 0.3) is 5.91 Å². The van der Waals surface area contributed by atoms with Crippen molar-refractivity contribution in [3.63, 3.8) is 0 Å². The maximum atomic E-state index is 12.5. The number of hydrogen-bond donors (Lipinski definition) is 3. The Hall–Kier alpha value is -1.59. The molecule has 1 heterocycles. The van der Waals surface area contributed by atoms with Crippen LogP contribution in [0.3, 0.4) is 0 Å². The Labute approximate surface area is 150 Å². The summed E-state index contributed by atoms with van der Waals surface area (Å²) in [7, 11) is 0. The number of amides is 2. The van der Waals surface area contributed by atoms with Crippen LogP contribution in [0.1, 0.15) is 43.5 Å². The summed E-state index contributed by atoms with van der Waals surface area (Å²) in [6, 6.07) is 8.85. The molecule has 3 atom stereocenters. The number of hydrogen-bond acceptors (Lipinski definition) is 3. The van der Waals surface area contributed by atoms with Gasteiger partial charge in [-0.1, -0.05) is 38.5 Å². The SMILES string of the molecule is CCC(C)C(NC(=O)c1ccccc1)C(=O)NCC1CCCN1.Cl. The fourth-order valence-electron chi connectivity index (χ4n) is 2.78. The maximum absolute atomic E-state index is 12.5. The van der Waals surface area contributed by atoms with Crippen molar-refractivity contribution in [1.82, 2.24) is 16.0 Å². The third-order valence-electron chi connectivity index (χ3n) is 4.50. The van der Waals surface area contributed by atoms with Crippen LogP contribution in [0.15, 0.2) is 30.3 Å². The lowest BCUT2D eigenvalue weighted by molar-refractivity contribution is -0.124. The van der Waals surface area contributed by atoms with Crippen LogP contribution in [0.2, 0.25) is 0 Å². The average molecular weight is 354 g/mol. The molecule has 1 fully saturated rings. The molecule has 5 nitrogen and oxygen atoms in total. The summed E-state index contributed by atoms with van der Waals surface area (Å²) in [5.74, 6) is -0.221. The van der Waals surface area contributed by atoms with E-state index in [9.17, 15) is 9.59 Å². The minimum absolute atomic E-state index is 0. The standard InChI is InChI=1S/C18H27N3O2.ClH/c1-3-13(2)16(18(23)20-12-15-10-7-11-19-15)21-17(22)14-8-5-4-6-9-14;/h4-6,8-9,13,15-16,19H,3,7,10-12H2,1-2H3,(H,20,23)(H,21,22);1H. The van der Waals surface area contributed by atoms with E-state index in [2.05, 4.69) is 16.0 Å². The van der Waals surface area contributed by atoms with E-state index in [0.717, 1.165) is 25.8 Å². The summed E-state index contributed by atoms with van der Waals surface area (Å²) in [5.41, 5.74) is 0.575. The van der Waals surface area contributed by atoms with E-state index < -0.39 is 6.04 Å². The number of benzene rings is 1. The zero-order chi connectivity index (χ0) is 16.7. The largest absolute Gasteiger partial charge is 0.353 e. The van der Waals surface area contributed by atoms with Gasteiger partial charge in [0.15, 0.2) is 0 Å². The minimum Gasteiger partial charge on any atom is -0.353 e. The molecule has 2 rings (SSSR count). The summed E-state index contributed by atoms with van der Waals surface area (Å²) in [6.07, 6.45) is 3.07. The molecule has 1 aliphatic rings. The Balaban J connectivity index is 0.00000288. The van der Waals surface area contributed by atoms with Gasteiger partial charge in [-0.2, -0.15) is 0 Å². The molecule has 6 heteroatoms. The summed E-state index contributed by atoms with van der Waals surface area (Å²) in [5, 5.41) is 9.23. The molecule has 0 saturated carbocycles. The van der Waals surface area contributed by atoms with Crippen molar-refractivity contribution in [2.45, 2.75) is 45.2 Å². The molecule has 0 aromatic heterocycles. The van der Waals surface area contributed by atoms with E-state index in [1.54, 1.807) is 12.1 Å². The summed E-state index contributed by atoms with van der Waals surface area (Å²) in [4.78, 5) is 24.9. The summed E-state index contributed by atoms with van der Waals surface area (Å²) in [6.45, 7) is 5.65. The molecule has 1 saturated heterocycles. The number of rotatable bonds is 7. The van der Waals surface area contributed by atoms with Gasteiger partial charge in [0.1, 0.15) is 6.04 Å². The minimum atomic E-state index is -0.505. The molecule has 24 heavy (non-hydrogen) atoms. The monoisotopic (exact) mass is 353 g/mol. The summed E-state index contributed by atoms with van der Waals surface area (Å²) >= 11 is 0. The van der Waals surface area contributed by atoms with Crippen LogP contribution in [0.5, 0.6) is 0 Å². The van der Waals surface area contributed by atoms with Crippen LogP contribution in [0.4, 0.5) is 0 Å². The molecule has 1 aliphatic heterocycles. The van der Waals surface area contributed by atoms with Crippen LogP contribution >= 0.6 is 12.4 Å². The Kier molecular flexibility index (Phi) is 8.79. The van der Waals surface area contributed by atoms with Crippen molar-refractivity contribution in [1.29, 1.82) is 0 Å². The van der Waals surface area contributed by atoms with Crippen molar-refractivity contribution in [3.8, 4) is 0 Å². The van der Waals surface area contributed by atoms with Crippen molar-refractivity contribution in [2.75, 3.05) is 13.1 Å². The third kappa shape index (κ3) is 5.80. The highest BCUT2D eigenvalue weighted by molar-refractivity contribution is 5.97. The van der Waals surface area contributed by atoms with Crippen molar-refractivity contribution in [2.24, 2.45) is 5.92 Å². The first-order valence-corrected chi connectivity index (χ1v) is 8.48. The second-order valence-electron chi connectivity index (χ2n) is 6.24. The van der Waals surface area contributed by atoms with Crippen LogP contribution in [-0.2, 0) is 4.79 Å². The zero-order valence-corrected chi connectivity index (χ0v) is 15.2. The lowest BCUT2D eigenvalue weighted by Crippen LogP contribution is -2.52. The second kappa shape index (κ2) is 10.3. The van der Waals surface area contributed by atoms with Gasteiger partial charge in [-0.3, -0.25) is 9.59 Å². The Bertz CT molecular complexity index is 518. The molecule has 3 unspecified atom stereocenters. The molecule has 3 N–H and O–H groups in total. The molecule has 134 valence electrons. The normalized spacial score (nSPS) is 19.0. The predicted molar refractivity (Wildman–Crippen MR) is 98.4 cm³/mol. The molecular formula is C18H28ClN3O2. The highest BCUT2D eigenvalue weighted by atomic mass is 35.5. The predicted octanol–water partition coefficient (Wildman–Crippen LogP) is 2.12. The van der Waals surface area contributed by atoms with Gasteiger partial charge in [0.2, 0.25) is 5.91 Å². The Morgan fingerprint density at radius 3 is 2.58 bits per heavy atom. The topological polar surface area (TPSA) is 70.2 Å². The number of nitrogens with one attached hydrogen (secondary N) is 3. The van der Waals surface area contributed by atoms with E-state index in [-0.39, 0.29) is 30.1 Å². The molecule has 0 bridgehead atoms. The van der Waals surface area contributed by atoms with Gasteiger partial charge in [-0.25, -0.2) is 0 Å². The first kappa shape index (κ1) is 20.5. The molecule has 2 amide bonds. The fraction of sp³-hybridized carbons (Fsp3) is 0.556. The first-order valence-electron chi connectivity index (χ1n) is 8.48. The first-order chi connectivity index (χ1) is 11.1. The number of carbonyl (C=O) groups excluding carboxylic acids is 2. The lowest BCUT2D eigenvalue weighted by atomic mass is 9.97. The van der Waals surface area contributed by atoms with Crippen molar-refractivity contribution >= 4 is 24.2 Å². The van der Waals surface area contributed by atoms with Crippen molar-refractivity contribution < 1.29 is 9.59 Å².